The third-order valence-corrected chi connectivity index (χ3v) is 8.49. The Morgan fingerprint density at radius 2 is 2.11 bits per heavy atom. The van der Waals surface area contributed by atoms with Crippen molar-refractivity contribution < 1.29 is 14.7 Å². The molecule has 0 bridgehead atoms. The van der Waals surface area contributed by atoms with Gasteiger partial charge in [0.1, 0.15) is 0 Å². The predicted molar refractivity (Wildman–Crippen MR) is 135 cm³/mol. The molecule has 0 spiro atoms. The van der Waals surface area contributed by atoms with E-state index in [1.54, 1.807) is 5.06 Å². The van der Waals surface area contributed by atoms with Crippen LogP contribution in [0, 0.1) is 11.3 Å². The van der Waals surface area contributed by atoms with E-state index in [9.17, 15) is 15.2 Å². The van der Waals surface area contributed by atoms with E-state index in [1.807, 2.05) is 7.05 Å². The molecule has 0 saturated carbocycles. The van der Waals surface area contributed by atoms with Crippen LogP contribution in [0.25, 0.3) is 11.1 Å². The number of rotatable bonds is 4. The maximum absolute atomic E-state index is 13.2. The van der Waals surface area contributed by atoms with Crippen molar-refractivity contribution in [2.24, 2.45) is 0 Å². The number of nitrogens with zero attached hydrogens (tertiary/aromatic N) is 3. The fraction of sp³-hybridized carbons (Fsp3) is 0.379. The van der Waals surface area contributed by atoms with Crippen LogP contribution in [0.1, 0.15) is 51.4 Å². The number of hydroxylamine groups is 2. The number of hydrogen-bond acceptors (Lipinski definition) is 6. The van der Waals surface area contributed by atoms with Gasteiger partial charge in [-0.15, -0.1) is 0 Å². The minimum atomic E-state index is -0.434. The third-order valence-electron chi connectivity index (χ3n) is 8.49. The molecule has 4 atom stereocenters. The monoisotopic (exact) mass is 480 g/mol. The third kappa shape index (κ3) is 2.92. The smallest absolute Gasteiger partial charge is 0.252 e. The topological polar surface area (TPSA) is 88.8 Å². The van der Waals surface area contributed by atoms with Crippen molar-refractivity contribution in [3.05, 3.63) is 75.9 Å². The summed E-state index contributed by atoms with van der Waals surface area (Å²) in [4.78, 5) is 21.4. The zero-order chi connectivity index (χ0) is 24.6. The van der Waals surface area contributed by atoms with E-state index in [2.05, 4.69) is 58.8 Å². The normalized spacial score (nSPS) is 27.2. The molecule has 36 heavy (non-hydrogen) atoms. The molecule has 1 amide bonds. The first-order valence-corrected chi connectivity index (χ1v) is 12.8. The lowest BCUT2D eigenvalue weighted by molar-refractivity contribution is -0.122. The largest absolute Gasteiger partial charge is 0.396 e. The maximum atomic E-state index is 13.2. The Morgan fingerprint density at radius 3 is 2.92 bits per heavy atom. The Morgan fingerprint density at radius 1 is 1.25 bits per heavy atom. The Labute approximate surface area is 210 Å². The quantitative estimate of drug-likeness (QED) is 0.596. The molecule has 4 unspecified atom stereocenters. The van der Waals surface area contributed by atoms with Crippen LogP contribution in [0.2, 0.25) is 0 Å². The van der Waals surface area contributed by atoms with Gasteiger partial charge in [0.15, 0.2) is 6.10 Å². The molecule has 182 valence electrons. The first-order chi connectivity index (χ1) is 17.6. The Bertz CT molecular complexity index is 1400. The number of aliphatic hydroxyl groups excluding tert-OH is 1. The molecule has 2 aromatic rings. The molecule has 0 radical (unpaired) electrons. The summed E-state index contributed by atoms with van der Waals surface area (Å²) in [6, 6.07) is 10.8. The van der Waals surface area contributed by atoms with Gasteiger partial charge in [-0.25, -0.2) is 0 Å². The molecular formula is C29H28N4O3. The molecule has 3 aliphatic heterocycles. The van der Waals surface area contributed by atoms with E-state index in [-0.39, 0.29) is 30.5 Å². The van der Waals surface area contributed by atoms with Crippen LogP contribution in [0.4, 0.5) is 5.69 Å². The highest BCUT2D eigenvalue weighted by Crippen LogP contribution is 2.56. The maximum Gasteiger partial charge on any atom is 0.252 e. The van der Waals surface area contributed by atoms with Gasteiger partial charge in [-0.2, -0.15) is 10.3 Å². The Kier molecular flexibility index (Phi) is 4.87. The second-order valence-electron chi connectivity index (χ2n) is 10.3. The van der Waals surface area contributed by atoms with Gasteiger partial charge in [-0.05, 0) is 39.8 Å². The van der Waals surface area contributed by atoms with Crippen molar-refractivity contribution in [1.29, 1.82) is 5.26 Å². The van der Waals surface area contributed by atoms with E-state index in [0.717, 1.165) is 35.2 Å². The molecule has 7 nitrogen and oxygen atoms in total. The standard InChI is InChI=1S/C29H28N4O3/c1-32-24(13-18(14-30)36-32)17-7-8-23-20(12-17)26-22-15-31-29(35)27(22)25-19-6-3-2-5-16(19)11-21(25)28(26)33(23)9-4-10-34/h2-3,5-8,12,18,20,23-24,34H,4,9-11,13,15H2,1H3,(H,31,35). The summed E-state index contributed by atoms with van der Waals surface area (Å²) in [6.45, 7) is 1.43. The number of anilines is 1. The molecule has 7 rings (SSSR count). The average Bonchev–Trinajstić information content (AvgIpc) is 3.64. The van der Waals surface area contributed by atoms with Gasteiger partial charge in [-0.1, -0.05) is 42.5 Å². The van der Waals surface area contributed by atoms with Crippen LogP contribution in [0.3, 0.4) is 0 Å². The number of nitrogens with one attached hydrogen (secondary N) is 1. The van der Waals surface area contributed by atoms with E-state index in [1.165, 1.54) is 27.9 Å². The van der Waals surface area contributed by atoms with Gasteiger partial charge in [0.05, 0.1) is 23.7 Å². The fourth-order valence-electron chi connectivity index (χ4n) is 7.02. The zero-order valence-corrected chi connectivity index (χ0v) is 20.2. The summed E-state index contributed by atoms with van der Waals surface area (Å²) >= 11 is 0. The van der Waals surface area contributed by atoms with Crippen LogP contribution >= 0.6 is 0 Å². The summed E-state index contributed by atoms with van der Waals surface area (Å²) in [5, 5.41) is 24.0. The number of benzene rings is 2. The molecule has 2 aliphatic carbocycles. The molecule has 2 aromatic carbocycles. The molecule has 1 saturated heterocycles. The Hall–Kier alpha value is -3.44. The van der Waals surface area contributed by atoms with E-state index in [0.29, 0.717) is 19.4 Å². The van der Waals surface area contributed by atoms with Crippen molar-refractivity contribution in [1.82, 2.24) is 10.4 Å². The summed E-state index contributed by atoms with van der Waals surface area (Å²) in [5.74, 6) is 0.117. The Balaban J connectivity index is 1.42. The second-order valence-corrected chi connectivity index (χ2v) is 10.3. The number of carbonyl (C=O) groups is 1. The van der Waals surface area contributed by atoms with E-state index < -0.39 is 6.10 Å². The second kappa shape index (κ2) is 8.04. The fourth-order valence-corrected chi connectivity index (χ4v) is 7.02. The van der Waals surface area contributed by atoms with Gasteiger partial charge >= 0.3 is 0 Å². The summed E-state index contributed by atoms with van der Waals surface area (Å²) < 4.78 is 0. The van der Waals surface area contributed by atoms with E-state index in [4.69, 9.17) is 4.84 Å². The highest BCUT2D eigenvalue weighted by molar-refractivity contribution is 6.09. The van der Waals surface area contributed by atoms with Crippen LogP contribution in [-0.4, -0.2) is 54.5 Å². The van der Waals surface area contributed by atoms with Crippen LogP contribution in [0.5, 0.6) is 0 Å². The molecule has 1 fully saturated rings. The number of hydrogen-bond donors (Lipinski definition) is 2. The molecule has 3 heterocycles. The molecule has 7 heteroatoms. The van der Waals surface area contributed by atoms with Gasteiger partial charge in [0.2, 0.25) is 0 Å². The number of aliphatic hydroxyl groups is 1. The summed E-state index contributed by atoms with van der Waals surface area (Å²) in [6.07, 6.45) is 8.50. The molecular weight excluding hydrogens is 452 g/mol. The van der Waals surface area contributed by atoms with Crippen LogP contribution < -0.4 is 10.2 Å². The van der Waals surface area contributed by atoms with Gasteiger partial charge in [-0.3, -0.25) is 9.63 Å². The molecule has 0 aromatic heterocycles. The first kappa shape index (κ1) is 21.8. The van der Waals surface area contributed by atoms with Crippen LogP contribution in [-0.2, 0) is 17.8 Å². The minimum Gasteiger partial charge on any atom is -0.396 e. The predicted octanol–water partition coefficient (Wildman–Crippen LogP) is 3.18. The first-order valence-electron chi connectivity index (χ1n) is 12.8. The number of likely N-dealkylation sites (N-methyl/N-ethyl adjacent to an activating group) is 1. The highest BCUT2D eigenvalue weighted by atomic mass is 16.7. The number of nitriles is 1. The van der Waals surface area contributed by atoms with Gasteiger partial charge in [0.25, 0.3) is 5.91 Å². The SMILES string of the molecule is CN1OC(C#N)CC1C1=CC2c3c4c(c5c(c3N(CCCO)C2C=C1)Cc1ccccc1-5)C(=O)NC4. The van der Waals surface area contributed by atoms with Crippen molar-refractivity contribution in [2.75, 3.05) is 25.1 Å². The number of fused-ring (bicyclic) bond motifs is 10. The lowest BCUT2D eigenvalue weighted by atomic mass is 9.81. The highest BCUT2D eigenvalue weighted by Gasteiger charge is 2.46. The summed E-state index contributed by atoms with van der Waals surface area (Å²) in [5.41, 5.74) is 10.4. The van der Waals surface area contributed by atoms with Crippen molar-refractivity contribution >= 4 is 11.6 Å². The average molecular weight is 481 g/mol. The zero-order valence-electron chi connectivity index (χ0n) is 20.2. The molecule has 5 aliphatic rings. The van der Waals surface area contributed by atoms with Gasteiger partial charge < -0.3 is 15.3 Å². The van der Waals surface area contributed by atoms with Gasteiger partial charge in [0, 0.05) is 56.8 Å². The van der Waals surface area contributed by atoms with Crippen molar-refractivity contribution in [3.8, 4) is 17.2 Å². The van der Waals surface area contributed by atoms with Crippen LogP contribution in [0.15, 0.2) is 48.1 Å². The summed E-state index contributed by atoms with van der Waals surface area (Å²) in [7, 11) is 1.89. The minimum absolute atomic E-state index is 0.0162. The lowest BCUT2D eigenvalue weighted by Gasteiger charge is -2.31. The van der Waals surface area contributed by atoms with E-state index >= 15 is 0 Å². The number of carbonyl (C=O) groups excluding carboxylic acids is 1. The number of amides is 1. The van der Waals surface area contributed by atoms with Crippen molar-refractivity contribution in [2.45, 2.75) is 49.9 Å². The lowest BCUT2D eigenvalue weighted by Crippen LogP contribution is -2.36. The molecule has 2 N–H and O–H groups in total. The van der Waals surface area contributed by atoms with Crippen molar-refractivity contribution in [3.63, 3.8) is 0 Å².